The van der Waals surface area contributed by atoms with Crippen molar-refractivity contribution in [2.24, 2.45) is 5.41 Å². The molecule has 0 saturated carbocycles. The molecule has 6 heteroatoms. The van der Waals surface area contributed by atoms with Crippen molar-refractivity contribution in [1.82, 2.24) is 9.97 Å². The second kappa shape index (κ2) is 6.70. The SMILES string of the molecule is CC1(C)CC(=O)c2c([nH]c(-c3ccnc(Cl)c3Cl)c2Nc2ccccc2)C1. The molecule has 0 unspecified atom stereocenters. The molecule has 1 aliphatic carbocycles. The minimum Gasteiger partial charge on any atom is -0.356 e. The Morgan fingerprint density at radius 2 is 1.85 bits per heavy atom. The molecule has 0 amide bonds. The number of hydrogen-bond donors (Lipinski definition) is 2. The first-order chi connectivity index (χ1) is 12.9. The number of para-hydroxylation sites is 1. The maximum absolute atomic E-state index is 13.0. The van der Waals surface area contributed by atoms with Crippen molar-refractivity contribution in [3.05, 3.63) is 64.0 Å². The molecule has 0 fully saturated rings. The highest BCUT2D eigenvalue weighted by atomic mass is 35.5. The molecule has 4 rings (SSSR count). The van der Waals surface area contributed by atoms with Gasteiger partial charge in [0.15, 0.2) is 5.78 Å². The van der Waals surface area contributed by atoms with Gasteiger partial charge < -0.3 is 10.3 Å². The Hall–Kier alpha value is -2.30. The smallest absolute Gasteiger partial charge is 0.167 e. The van der Waals surface area contributed by atoms with Crippen molar-refractivity contribution in [2.75, 3.05) is 5.32 Å². The van der Waals surface area contributed by atoms with Gasteiger partial charge in [0.05, 0.1) is 22.0 Å². The van der Waals surface area contributed by atoms with E-state index in [1.165, 1.54) is 0 Å². The van der Waals surface area contributed by atoms with E-state index in [0.29, 0.717) is 17.0 Å². The van der Waals surface area contributed by atoms with Crippen molar-refractivity contribution in [2.45, 2.75) is 26.7 Å². The van der Waals surface area contributed by atoms with Crippen molar-refractivity contribution in [3.63, 3.8) is 0 Å². The van der Waals surface area contributed by atoms with Crippen LogP contribution in [0.25, 0.3) is 11.3 Å². The first-order valence-corrected chi connectivity index (χ1v) is 9.52. The molecule has 27 heavy (non-hydrogen) atoms. The minimum atomic E-state index is -0.0874. The van der Waals surface area contributed by atoms with E-state index in [4.69, 9.17) is 23.2 Å². The number of hydrogen-bond acceptors (Lipinski definition) is 3. The highest BCUT2D eigenvalue weighted by Gasteiger charge is 2.36. The van der Waals surface area contributed by atoms with Crippen LogP contribution in [-0.2, 0) is 6.42 Å². The molecule has 0 spiro atoms. The summed E-state index contributed by atoms with van der Waals surface area (Å²) in [6, 6.07) is 11.6. The number of aromatic amines is 1. The van der Waals surface area contributed by atoms with Crippen LogP contribution in [0.15, 0.2) is 42.6 Å². The van der Waals surface area contributed by atoms with Gasteiger partial charge in [-0.05, 0) is 30.0 Å². The van der Waals surface area contributed by atoms with Crippen molar-refractivity contribution in [1.29, 1.82) is 0 Å². The molecule has 138 valence electrons. The van der Waals surface area contributed by atoms with Gasteiger partial charge in [-0.3, -0.25) is 4.79 Å². The van der Waals surface area contributed by atoms with Crippen molar-refractivity contribution >= 4 is 40.4 Å². The lowest BCUT2D eigenvalue weighted by Gasteiger charge is -2.28. The number of aromatic nitrogens is 2. The van der Waals surface area contributed by atoms with E-state index in [0.717, 1.165) is 34.7 Å². The Bertz CT molecular complexity index is 1030. The van der Waals surface area contributed by atoms with Crippen LogP contribution in [0.4, 0.5) is 11.4 Å². The number of anilines is 2. The third kappa shape index (κ3) is 3.35. The summed E-state index contributed by atoms with van der Waals surface area (Å²) in [5.74, 6) is 0.124. The Kier molecular flexibility index (Phi) is 4.49. The normalized spacial score (nSPS) is 15.5. The van der Waals surface area contributed by atoms with Crippen LogP contribution < -0.4 is 5.32 Å². The summed E-state index contributed by atoms with van der Waals surface area (Å²) < 4.78 is 0. The van der Waals surface area contributed by atoms with Gasteiger partial charge in [0, 0.05) is 29.6 Å². The van der Waals surface area contributed by atoms with Gasteiger partial charge in [-0.25, -0.2) is 4.98 Å². The molecule has 4 nitrogen and oxygen atoms in total. The Balaban J connectivity index is 1.93. The first kappa shape index (κ1) is 18.1. The molecule has 1 aliphatic rings. The van der Waals surface area contributed by atoms with E-state index in [9.17, 15) is 4.79 Å². The topological polar surface area (TPSA) is 57.8 Å². The number of nitrogens with zero attached hydrogens (tertiary/aromatic N) is 1. The zero-order chi connectivity index (χ0) is 19.2. The molecule has 0 radical (unpaired) electrons. The summed E-state index contributed by atoms with van der Waals surface area (Å²) in [5.41, 5.74) is 4.65. The summed E-state index contributed by atoms with van der Waals surface area (Å²) in [4.78, 5) is 20.4. The monoisotopic (exact) mass is 399 g/mol. The quantitative estimate of drug-likeness (QED) is 0.509. The summed E-state index contributed by atoms with van der Waals surface area (Å²) in [6.07, 6.45) is 2.90. The number of fused-ring (bicyclic) bond motifs is 1. The van der Waals surface area contributed by atoms with Crippen molar-refractivity contribution in [3.8, 4) is 11.3 Å². The van der Waals surface area contributed by atoms with Gasteiger partial charge in [-0.2, -0.15) is 0 Å². The highest BCUT2D eigenvalue weighted by Crippen LogP contribution is 2.45. The van der Waals surface area contributed by atoms with Gasteiger partial charge in [-0.15, -0.1) is 0 Å². The van der Waals surface area contributed by atoms with Gasteiger partial charge in [0.25, 0.3) is 0 Å². The number of nitrogens with one attached hydrogen (secondary N) is 2. The van der Waals surface area contributed by atoms with E-state index >= 15 is 0 Å². The molecule has 0 saturated heterocycles. The highest BCUT2D eigenvalue weighted by molar-refractivity contribution is 6.43. The largest absolute Gasteiger partial charge is 0.356 e. The number of rotatable bonds is 3. The van der Waals surface area contributed by atoms with E-state index in [-0.39, 0.29) is 16.4 Å². The average Bonchev–Trinajstić information content (AvgIpc) is 2.95. The number of Topliss-reactive ketones (excluding diaryl/α,β-unsaturated/α-hetero) is 1. The molecule has 0 bridgehead atoms. The van der Waals surface area contributed by atoms with E-state index in [2.05, 4.69) is 29.1 Å². The van der Waals surface area contributed by atoms with Gasteiger partial charge >= 0.3 is 0 Å². The number of ketones is 1. The Labute approximate surface area is 167 Å². The predicted octanol–water partition coefficient (Wildman–Crippen LogP) is 6.28. The third-order valence-electron chi connectivity index (χ3n) is 4.81. The summed E-state index contributed by atoms with van der Waals surface area (Å²) in [6.45, 7) is 4.21. The minimum absolute atomic E-state index is 0.0874. The lowest BCUT2D eigenvalue weighted by Crippen LogP contribution is -2.26. The van der Waals surface area contributed by atoms with Crippen LogP contribution in [0.1, 0.15) is 36.3 Å². The fraction of sp³-hybridized carbons (Fsp3) is 0.238. The standard InChI is InChI=1S/C21H19Cl2N3O/c1-21(2)10-14-16(15(27)11-21)19(25-12-6-4-3-5-7-12)18(26-14)13-8-9-24-20(23)17(13)22/h3-9,25-26H,10-11H2,1-2H3. The summed E-state index contributed by atoms with van der Waals surface area (Å²) in [5, 5.41) is 4.01. The number of H-pyrrole nitrogens is 1. The zero-order valence-electron chi connectivity index (χ0n) is 15.1. The molecule has 0 aliphatic heterocycles. The van der Waals surface area contributed by atoms with E-state index in [1.54, 1.807) is 12.3 Å². The molecule has 0 atom stereocenters. The van der Waals surface area contributed by atoms with E-state index in [1.807, 2.05) is 30.3 Å². The fourth-order valence-corrected chi connectivity index (χ4v) is 4.02. The van der Waals surface area contributed by atoms with Gasteiger partial charge in [0.1, 0.15) is 5.15 Å². The average molecular weight is 400 g/mol. The first-order valence-electron chi connectivity index (χ1n) is 8.76. The second-order valence-corrected chi connectivity index (χ2v) is 8.36. The zero-order valence-corrected chi connectivity index (χ0v) is 16.6. The number of benzene rings is 1. The molecule has 2 heterocycles. The van der Waals surface area contributed by atoms with Crippen LogP contribution in [0.5, 0.6) is 0 Å². The predicted molar refractivity (Wildman–Crippen MR) is 110 cm³/mol. The number of carbonyl (C=O) groups is 1. The molecule has 2 aromatic heterocycles. The molecule has 3 aromatic rings. The third-order valence-corrected chi connectivity index (χ3v) is 5.58. The maximum atomic E-state index is 13.0. The van der Waals surface area contributed by atoms with Crippen LogP contribution in [0, 0.1) is 5.41 Å². The van der Waals surface area contributed by atoms with Crippen LogP contribution in [0.2, 0.25) is 10.2 Å². The Morgan fingerprint density at radius 1 is 1.11 bits per heavy atom. The van der Waals surface area contributed by atoms with Crippen LogP contribution in [0.3, 0.4) is 0 Å². The number of pyridine rings is 1. The molecule has 1 aromatic carbocycles. The van der Waals surface area contributed by atoms with Crippen molar-refractivity contribution < 1.29 is 4.79 Å². The van der Waals surface area contributed by atoms with Crippen LogP contribution >= 0.6 is 23.2 Å². The molecule has 2 N–H and O–H groups in total. The summed E-state index contributed by atoms with van der Waals surface area (Å²) in [7, 11) is 0. The molecular weight excluding hydrogens is 381 g/mol. The molecular formula is C21H19Cl2N3O. The summed E-state index contributed by atoms with van der Waals surface area (Å²) >= 11 is 12.6. The Morgan fingerprint density at radius 3 is 2.59 bits per heavy atom. The second-order valence-electron chi connectivity index (χ2n) is 7.62. The van der Waals surface area contributed by atoms with E-state index < -0.39 is 0 Å². The number of halogens is 2. The maximum Gasteiger partial charge on any atom is 0.167 e. The lowest BCUT2D eigenvalue weighted by atomic mass is 9.76. The van der Waals surface area contributed by atoms with Crippen LogP contribution in [-0.4, -0.2) is 15.8 Å². The van der Waals surface area contributed by atoms with Gasteiger partial charge in [0.2, 0.25) is 0 Å². The number of carbonyl (C=O) groups excluding carboxylic acids is 1. The fourth-order valence-electron chi connectivity index (χ4n) is 3.66. The van der Waals surface area contributed by atoms with Gasteiger partial charge in [-0.1, -0.05) is 55.2 Å². The lowest BCUT2D eigenvalue weighted by molar-refractivity contribution is 0.0912.